The van der Waals surface area contributed by atoms with Crippen LogP contribution in [0.5, 0.6) is 0 Å². The number of pyridine rings is 1. The number of benzene rings is 1. The third-order valence-electron chi connectivity index (χ3n) is 1.82. The second kappa shape index (κ2) is 5.29. The lowest BCUT2D eigenvalue weighted by Crippen LogP contribution is -1.84. The van der Waals surface area contributed by atoms with Gasteiger partial charge in [-0.25, -0.2) is 9.37 Å². The molecule has 0 fully saturated rings. The van der Waals surface area contributed by atoms with E-state index in [0.717, 1.165) is 14.0 Å². The molecular weight excluding hydrogens is 357 g/mol. The number of hydrogen-bond acceptors (Lipinski definition) is 2. The van der Waals surface area contributed by atoms with Gasteiger partial charge in [0.15, 0.2) is 0 Å². The molecule has 1 aromatic carbocycles. The zero-order valence-corrected chi connectivity index (χ0v) is 11.9. The van der Waals surface area contributed by atoms with E-state index in [1.54, 1.807) is 24.4 Å². The summed E-state index contributed by atoms with van der Waals surface area (Å²) in [5, 5.41) is 0.744. The van der Waals surface area contributed by atoms with Crippen molar-refractivity contribution in [1.29, 1.82) is 0 Å². The van der Waals surface area contributed by atoms with Gasteiger partial charge in [0.25, 0.3) is 0 Å². The van der Waals surface area contributed by atoms with Crippen LogP contribution in [0.2, 0.25) is 0 Å². The number of hydrogen-bond donors (Lipinski definition) is 0. The molecule has 2 rings (SSSR count). The lowest BCUT2D eigenvalue weighted by molar-refractivity contribution is 0.602. The van der Waals surface area contributed by atoms with E-state index in [4.69, 9.17) is 0 Å². The van der Waals surface area contributed by atoms with Crippen LogP contribution in [0.4, 0.5) is 4.39 Å². The van der Waals surface area contributed by atoms with Crippen molar-refractivity contribution in [3.8, 4) is 0 Å². The van der Waals surface area contributed by atoms with Crippen LogP contribution < -0.4 is 0 Å². The van der Waals surface area contributed by atoms with Crippen LogP contribution in [0.25, 0.3) is 0 Å². The van der Waals surface area contributed by atoms with Gasteiger partial charge in [0.05, 0.1) is 4.47 Å². The van der Waals surface area contributed by atoms with Crippen molar-refractivity contribution in [3.63, 3.8) is 0 Å². The van der Waals surface area contributed by atoms with E-state index in [1.165, 1.54) is 17.8 Å². The maximum absolute atomic E-state index is 13.4. The highest BCUT2D eigenvalue weighted by atomic mass is 79.9. The Hall–Kier alpha value is -0.390. The largest absolute Gasteiger partial charge is 0.247 e. The van der Waals surface area contributed by atoms with Gasteiger partial charge in [-0.3, -0.25) is 0 Å². The lowest BCUT2D eigenvalue weighted by Gasteiger charge is -2.04. The van der Waals surface area contributed by atoms with Gasteiger partial charge >= 0.3 is 0 Å². The molecular formula is C11H6Br2FNS. The van der Waals surface area contributed by atoms with Crippen molar-refractivity contribution in [2.24, 2.45) is 0 Å². The average Bonchev–Trinajstić information content (AvgIpc) is 2.25. The quantitative estimate of drug-likeness (QED) is 0.753. The highest BCUT2D eigenvalue weighted by Gasteiger charge is 2.07. The van der Waals surface area contributed by atoms with E-state index in [-0.39, 0.29) is 5.82 Å². The molecule has 1 nitrogen and oxygen atoms in total. The van der Waals surface area contributed by atoms with E-state index in [9.17, 15) is 4.39 Å². The summed E-state index contributed by atoms with van der Waals surface area (Å²) in [6.45, 7) is 0. The van der Waals surface area contributed by atoms with Crippen LogP contribution in [0.1, 0.15) is 0 Å². The minimum absolute atomic E-state index is 0.232. The van der Waals surface area contributed by atoms with Gasteiger partial charge in [0.1, 0.15) is 10.8 Å². The normalized spacial score (nSPS) is 10.4. The first-order valence-electron chi connectivity index (χ1n) is 4.40. The minimum Gasteiger partial charge on any atom is -0.247 e. The van der Waals surface area contributed by atoms with E-state index in [1.807, 2.05) is 6.07 Å². The summed E-state index contributed by atoms with van der Waals surface area (Å²) in [5.74, 6) is -0.232. The smallest absolute Gasteiger partial charge is 0.137 e. The Morgan fingerprint density at radius 3 is 2.62 bits per heavy atom. The summed E-state index contributed by atoms with van der Waals surface area (Å²) in [6.07, 6.45) is 1.69. The first-order valence-corrected chi connectivity index (χ1v) is 6.80. The van der Waals surface area contributed by atoms with Crippen LogP contribution in [-0.2, 0) is 0 Å². The van der Waals surface area contributed by atoms with Gasteiger partial charge in [-0.05, 0) is 50.1 Å². The van der Waals surface area contributed by atoms with Gasteiger partial charge in [-0.1, -0.05) is 23.9 Å². The molecule has 0 aliphatic carbocycles. The Bertz CT molecular complexity index is 519. The molecule has 0 unspecified atom stereocenters. The highest BCUT2D eigenvalue weighted by molar-refractivity contribution is 9.11. The molecule has 2 aromatic rings. The molecule has 0 aliphatic heterocycles. The standard InChI is InChI=1S/C11H6Br2FNS/c12-7-5-8(13)11(15-6-7)16-10-4-2-1-3-9(10)14/h1-6H. The van der Waals surface area contributed by atoms with Crippen LogP contribution in [0.15, 0.2) is 55.4 Å². The molecule has 0 amide bonds. The Balaban J connectivity index is 2.31. The summed E-state index contributed by atoms with van der Waals surface area (Å²) in [4.78, 5) is 4.78. The van der Waals surface area contributed by atoms with Crippen LogP contribution in [0, 0.1) is 5.82 Å². The summed E-state index contributed by atoms with van der Waals surface area (Å²) in [6, 6.07) is 8.53. The van der Waals surface area contributed by atoms with Gasteiger partial charge < -0.3 is 0 Å². The maximum atomic E-state index is 13.4. The average molecular weight is 363 g/mol. The molecule has 0 bridgehead atoms. The number of aromatic nitrogens is 1. The first kappa shape index (κ1) is 12.1. The topological polar surface area (TPSA) is 12.9 Å². The van der Waals surface area contributed by atoms with E-state index < -0.39 is 0 Å². The Kier molecular flexibility index (Phi) is 4.00. The second-order valence-electron chi connectivity index (χ2n) is 2.97. The predicted octanol–water partition coefficient (Wildman–Crippen LogP) is 4.90. The van der Waals surface area contributed by atoms with Gasteiger partial charge in [-0.15, -0.1) is 0 Å². The zero-order chi connectivity index (χ0) is 11.5. The molecule has 82 valence electrons. The predicted molar refractivity (Wildman–Crippen MR) is 70.2 cm³/mol. The number of nitrogens with zero attached hydrogens (tertiary/aromatic N) is 1. The fourth-order valence-corrected chi connectivity index (χ4v) is 3.12. The molecule has 0 atom stereocenters. The van der Waals surface area contributed by atoms with Gasteiger partial charge in [0.2, 0.25) is 0 Å². The molecule has 16 heavy (non-hydrogen) atoms. The van der Waals surface area contributed by atoms with Crippen LogP contribution in [-0.4, -0.2) is 4.98 Å². The third kappa shape index (κ3) is 2.84. The summed E-state index contributed by atoms with van der Waals surface area (Å²) in [5.41, 5.74) is 0. The third-order valence-corrected chi connectivity index (χ3v) is 4.19. The Morgan fingerprint density at radius 1 is 1.19 bits per heavy atom. The lowest BCUT2D eigenvalue weighted by atomic mass is 10.3. The number of rotatable bonds is 2. The Labute approximate surface area is 114 Å². The molecule has 0 radical (unpaired) electrons. The van der Waals surface area contributed by atoms with Crippen molar-refractivity contribution < 1.29 is 4.39 Å². The first-order chi connectivity index (χ1) is 7.66. The van der Waals surface area contributed by atoms with Crippen molar-refractivity contribution in [2.45, 2.75) is 9.92 Å². The van der Waals surface area contributed by atoms with Crippen LogP contribution >= 0.6 is 43.6 Å². The number of halogens is 3. The second-order valence-corrected chi connectivity index (χ2v) is 5.77. The van der Waals surface area contributed by atoms with Crippen LogP contribution in [0.3, 0.4) is 0 Å². The molecule has 0 saturated carbocycles. The molecule has 0 saturated heterocycles. The fourth-order valence-electron chi connectivity index (χ4n) is 1.11. The highest BCUT2D eigenvalue weighted by Crippen LogP contribution is 2.34. The maximum Gasteiger partial charge on any atom is 0.137 e. The monoisotopic (exact) mass is 361 g/mol. The molecule has 0 aliphatic rings. The molecule has 1 heterocycles. The molecule has 0 N–H and O–H groups in total. The van der Waals surface area contributed by atoms with Gasteiger partial charge in [-0.2, -0.15) is 0 Å². The van der Waals surface area contributed by atoms with Crippen molar-refractivity contribution in [3.05, 3.63) is 51.3 Å². The van der Waals surface area contributed by atoms with E-state index in [0.29, 0.717) is 4.90 Å². The SMILES string of the molecule is Fc1ccccc1Sc1ncc(Br)cc1Br. The summed E-state index contributed by atoms with van der Waals surface area (Å²) < 4.78 is 15.1. The van der Waals surface area contributed by atoms with Crippen molar-refractivity contribution in [2.75, 3.05) is 0 Å². The Morgan fingerprint density at radius 2 is 1.94 bits per heavy atom. The van der Waals surface area contributed by atoms with Crippen molar-refractivity contribution >= 4 is 43.6 Å². The molecule has 1 aromatic heterocycles. The summed E-state index contributed by atoms with van der Waals surface area (Å²) >= 11 is 8.01. The minimum atomic E-state index is -0.232. The zero-order valence-electron chi connectivity index (χ0n) is 7.95. The van der Waals surface area contributed by atoms with E-state index in [2.05, 4.69) is 36.8 Å². The summed E-state index contributed by atoms with van der Waals surface area (Å²) in [7, 11) is 0. The van der Waals surface area contributed by atoms with Gasteiger partial charge in [0, 0.05) is 15.6 Å². The fraction of sp³-hybridized carbons (Fsp3) is 0. The molecule has 0 spiro atoms. The van der Waals surface area contributed by atoms with Crippen molar-refractivity contribution in [1.82, 2.24) is 4.98 Å². The van der Waals surface area contributed by atoms with E-state index >= 15 is 0 Å². The molecule has 5 heteroatoms.